The molecule has 1 unspecified atom stereocenters. The summed E-state index contributed by atoms with van der Waals surface area (Å²) in [6.07, 6.45) is 9.14. The zero-order chi connectivity index (χ0) is 14.3. The normalized spacial score (nSPS) is 20.9. The third kappa shape index (κ3) is 4.32. The Kier molecular flexibility index (Phi) is 6.06. The summed E-state index contributed by atoms with van der Waals surface area (Å²) in [6, 6.07) is 10.8. The molecule has 0 spiro atoms. The molecule has 1 atom stereocenters. The van der Waals surface area contributed by atoms with Crippen molar-refractivity contribution >= 4 is 0 Å². The third-order valence-corrected chi connectivity index (χ3v) is 4.85. The number of nitrogens with zero attached hydrogens (tertiary/aromatic N) is 1. The lowest BCUT2D eigenvalue weighted by molar-refractivity contribution is 0.0913. The summed E-state index contributed by atoms with van der Waals surface area (Å²) >= 11 is 0. The Morgan fingerprint density at radius 2 is 1.60 bits per heavy atom. The Morgan fingerprint density at radius 1 is 1.00 bits per heavy atom. The van der Waals surface area contributed by atoms with Crippen LogP contribution in [0.15, 0.2) is 30.3 Å². The van der Waals surface area contributed by atoms with Crippen LogP contribution < -0.4 is 5.73 Å². The molecule has 0 aromatic heterocycles. The van der Waals surface area contributed by atoms with Gasteiger partial charge in [0, 0.05) is 12.1 Å². The highest BCUT2D eigenvalue weighted by Crippen LogP contribution is 2.24. The third-order valence-electron chi connectivity index (χ3n) is 4.85. The van der Waals surface area contributed by atoms with Crippen molar-refractivity contribution in [3.05, 3.63) is 35.9 Å². The molecule has 1 aromatic carbocycles. The van der Waals surface area contributed by atoms with Crippen molar-refractivity contribution in [1.29, 1.82) is 0 Å². The molecule has 1 aliphatic heterocycles. The Labute approximate surface area is 124 Å². The molecule has 1 fully saturated rings. The maximum atomic E-state index is 6.15. The molecule has 0 bridgehead atoms. The van der Waals surface area contributed by atoms with E-state index < -0.39 is 0 Å². The molecule has 2 heteroatoms. The van der Waals surface area contributed by atoms with Crippen LogP contribution in [0, 0.1) is 0 Å². The van der Waals surface area contributed by atoms with Crippen LogP contribution in [-0.2, 0) is 6.42 Å². The van der Waals surface area contributed by atoms with Crippen LogP contribution in [0.2, 0.25) is 0 Å². The highest BCUT2D eigenvalue weighted by atomic mass is 15.2. The Bertz CT molecular complexity index is 368. The van der Waals surface area contributed by atoms with E-state index in [2.05, 4.69) is 42.2 Å². The van der Waals surface area contributed by atoms with Crippen molar-refractivity contribution < 1.29 is 0 Å². The van der Waals surface area contributed by atoms with Crippen LogP contribution >= 0.6 is 0 Å². The lowest BCUT2D eigenvalue weighted by Crippen LogP contribution is -2.53. The summed E-state index contributed by atoms with van der Waals surface area (Å²) in [7, 11) is 0. The standard InChI is InChI=1S/C18H30N2/c1-18(16-19,13-12-17-10-6-5-7-11-17)20-14-8-3-2-4-9-15-20/h5-7,10-11H,2-4,8-9,12-16,19H2,1H3. The fourth-order valence-corrected chi connectivity index (χ4v) is 3.23. The second kappa shape index (κ2) is 7.80. The lowest BCUT2D eigenvalue weighted by atomic mass is 9.90. The van der Waals surface area contributed by atoms with Gasteiger partial charge in [0.05, 0.1) is 0 Å². The zero-order valence-electron chi connectivity index (χ0n) is 13.0. The molecule has 0 radical (unpaired) electrons. The molecular formula is C18H30N2. The van der Waals surface area contributed by atoms with E-state index in [0.717, 1.165) is 19.4 Å². The minimum absolute atomic E-state index is 0.160. The fraction of sp³-hybridized carbons (Fsp3) is 0.667. The minimum Gasteiger partial charge on any atom is -0.329 e. The average molecular weight is 274 g/mol. The highest BCUT2D eigenvalue weighted by Gasteiger charge is 2.29. The average Bonchev–Trinajstić information content (AvgIpc) is 2.45. The van der Waals surface area contributed by atoms with Gasteiger partial charge in [-0.2, -0.15) is 0 Å². The summed E-state index contributed by atoms with van der Waals surface area (Å²) in [6.45, 7) is 5.57. The van der Waals surface area contributed by atoms with Crippen LogP contribution in [0.5, 0.6) is 0 Å². The first-order valence-electron chi connectivity index (χ1n) is 8.24. The maximum absolute atomic E-state index is 6.15. The Balaban J connectivity index is 1.95. The minimum atomic E-state index is 0.160. The summed E-state index contributed by atoms with van der Waals surface area (Å²) in [5.74, 6) is 0. The molecule has 1 aliphatic rings. The Morgan fingerprint density at radius 3 is 2.20 bits per heavy atom. The lowest BCUT2D eigenvalue weighted by Gasteiger charge is -2.42. The fourth-order valence-electron chi connectivity index (χ4n) is 3.23. The van der Waals surface area contributed by atoms with Gasteiger partial charge in [-0.05, 0) is 51.3 Å². The molecule has 1 saturated heterocycles. The van der Waals surface area contributed by atoms with Gasteiger partial charge in [0.25, 0.3) is 0 Å². The number of likely N-dealkylation sites (tertiary alicyclic amines) is 1. The van der Waals surface area contributed by atoms with Gasteiger partial charge in [0.1, 0.15) is 0 Å². The van der Waals surface area contributed by atoms with Crippen LogP contribution in [0.25, 0.3) is 0 Å². The number of aryl methyl sites for hydroxylation is 1. The predicted octanol–water partition coefficient (Wildman–Crippen LogP) is 3.60. The van der Waals surface area contributed by atoms with Crippen molar-refractivity contribution in [3.63, 3.8) is 0 Å². The smallest absolute Gasteiger partial charge is 0.0306 e. The molecule has 0 saturated carbocycles. The molecule has 2 rings (SSSR count). The monoisotopic (exact) mass is 274 g/mol. The number of rotatable bonds is 5. The van der Waals surface area contributed by atoms with E-state index in [1.165, 1.54) is 50.8 Å². The summed E-state index contributed by atoms with van der Waals surface area (Å²) in [5, 5.41) is 0. The van der Waals surface area contributed by atoms with Crippen LogP contribution in [0.4, 0.5) is 0 Å². The highest BCUT2D eigenvalue weighted by molar-refractivity contribution is 5.15. The van der Waals surface area contributed by atoms with Crippen molar-refractivity contribution in [1.82, 2.24) is 4.90 Å². The molecule has 0 amide bonds. The van der Waals surface area contributed by atoms with Gasteiger partial charge >= 0.3 is 0 Å². The molecule has 2 N–H and O–H groups in total. The van der Waals surface area contributed by atoms with Crippen LogP contribution in [0.1, 0.15) is 51.0 Å². The molecule has 2 nitrogen and oxygen atoms in total. The predicted molar refractivity (Wildman–Crippen MR) is 86.9 cm³/mol. The molecule has 1 aromatic rings. The topological polar surface area (TPSA) is 29.3 Å². The summed E-state index contributed by atoms with van der Waals surface area (Å²) in [4.78, 5) is 2.66. The number of benzene rings is 1. The van der Waals surface area contributed by atoms with Crippen molar-refractivity contribution in [2.45, 2.75) is 57.4 Å². The van der Waals surface area contributed by atoms with Gasteiger partial charge in [-0.3, -0.25) is 4.90 Å². The van der Waals surface area contributed by atoms with Gasteiger partial charge in [-0.1, -0.05) is 49.6 Å². The first-order chi connectivity index (χ1) is 9.74. The molecule has 112 valence electrons. The first kappa shape index (κ1) is 15.5. The van der Waals surface area contributed by atoms with E-state index in [9.17, 15) is 0 Å². The molecule has 20 heavy (non-hydrogen) atoms. The SMILES string of the molecule is CC(CN)(CCc1ccccc1)N1CCCCCCC1. The summed E-state index contributed by atoms with van der Waals surface area (Å²) < 4.78 is 0. The quantitative estimate of drug-likeness (QED) is 0.889. The number of nitrogens with two attached hydrogens (primary N) is 1. The van der Waals surface area contributed by atoms with Gasteiger partial charge in [0.15, 0.2) is 0 Å². The van der Waals surface area contributed by atoms with Gasteiger partial charge in [0.2, 0.25) is 0 Å². The van der Waals surface area contributed by atoms with Crippen molar-refractivity contribution in [2.24, 2.45) is 5.73 Å². The van der Waals surface area contributed by atoms with E-state index in [0.29, 0.717) is 0 Å². The maximum Gasteiger partial charge on any atom is 0.0306 e. The van der Waals surface area contributed by atoms with Crippen molar-refractivity contribution in [3.8, 4) is 0 Å². The van der Waals surface area contributed by atoms with Crippen LogP contribution in [-0.4, -0.2) is 30.1 Å². The molecule has 1 heterocycles. The molecule has 0 aliphatic carbocycles. The van der Waals surface area contributed by atoms with E-state index in [1.54, 1.807) is 0 Å². The molecular weight excluding hydrogens is 244 g/mol. The second-order valence-electron chi connectivity index (χ2n) is 6.44. The van der Waals surface area contributed by atoms with E-state index in [1.807, 2.05) is 0 Å². The van der Waals surface area contributed by atoms with E-state index >= 15 is 0 Å². The van der Waals surface area contributed by atoms with Gasteiger partial charge < -0.3 is 5.73 Å². The largest absolute Gasteiger partial charge is 0.329 e. The second-order valence-corrected chi connectivity index (χ2v) is 6.44. The summed E-state index contributed by atoms with van der Waals surface area (Å²) in [5.41, 5.74) is 7.74. The number of hydrogen-bond donors (Lipinski definition) is 1. The van der Waals surface area contributed by atoms with E-state index in [-0.39, 0.29) is 5.54 Å². The van der Waals surface area contributed by atoms with Crippen LogP contribution in [0.3, 0.4) is 0 Å². The van der Waals surface area contributed by atoms with Gasteiger partial charge in [-0.15, -0.1) is 0 Å². The first-order valence-corrected chi connectivity index (χ1v) is 8.24. The zero-order valence-corrected chi connectivity index (χ0v) is 13.0. The van der Waals surface area contributed by atoms with Crippen molar-refractivity contribution in [2.75, 3.05) is 19.6 Å². The number of hydrogen-bond acceptors (Lipinski definition) is 2. The Hall–Kier alpha value is -0.860. The van der Waals surface area contributed by atoms with Gasteiger partial charge in [-0.25, -0.2) is 0 Å². The van der Waals surface area contributed by atoms with E-state index in [4.69, 9.17) is 5.73 Å².